The van der Waals surface area contributed by atoms with Crippen LogP contribution in [-0.2, 0) is 13.0 Å². The minimum atomic E-state index is -0.548. The largest absolute Gasteiger partial charge is 0.494 e. The molecule has 162 valence electrons. The number of benzene rings is 1. The van der Waals surface area contributed by atoms with E-state index < -0.39 is 11.2 Å². The van der Waals surface area contributed by atoms with Gasteiger partial charge in [-0.15, -0.1) is 0 Å². The molecule has 2 atom stereocenters. The lowest BCUT2D eigenvalue weighted by molar-refractivity contribution is -0.908. The summed E-state index contributed by atoms with van der Waals surface area (Å²) in [4.78, 5) is 32.5. The van der Waals surface area contributed by atoms with Crippen molar-refractivity contribution in [2.75, 3.05) is 13.6 Å². The highest BCUT2D eigenvalue weighted by Gasteiger charge is 2.37. The first kappa shape index (κ1) is 19.9. The van der Waals surface area contributed by atoms with Crippen LogP contribution in [0.5, 0.6) is 5.88 Å². The van der Waals surface area contributed by atoms with Gasteiger partial charge in [0.25, 0.3) is 5.56 Å². The molecule has 0 saturated carbocycles. The van der Waals surface area contributed by atoms with E-state index in [0.29, 0.717) is 13.0 Å². The van der Waals surface area contributed by atoms with Gasteiger partial charge in [-0.2, -0.15) is 0 Å². The number of allylic oxidation sites excluding steroid dienone is 2. The maximum absolute atomic E-state index is 12.9. The first-order chi connectivity index (χ1) is 15.0. The molecule has 0 fully saturated rings. The van der Waals surface area contributed by atoms with E-state index >= 15 is 0 Å². The number of aromatic nitrogens is 3. The van der Waals surface area contributed by atoms with Crippen molar-refractivity contribution in [3.05, 3.63) is 73.6 Å². The van der Waals surface area contributed by atoms with Crippen molar-refractivity contribution in [3.8, 4) is 5.88 Å². The lowest BCUT2D eigenvalue weighted by atomic mass is 9.93. The fraction of sp³-hybridized carbons (Fsp3) is 0.417. The Hall–Kier alpha value is -3.06. The maximum Gasteiger partial charge on any atom is 0.331 e. The maximum atomic E-state index is 12.9. The fourth-order valence-corrected chi connectivity index (χ4v) is 5.27. The third-order valence-corrected chi connectivity index (χ3v) is 6.93. The molecule has 4 N–H and O–H groups in total. The lowest BCUT2D eigenvalue weighted by Crippen LogP contribution is -3.10. The van der Waals surface area contributed by atoms with E-state index in [1.807, 2.05) is 25.2 Å². The van der Waals surface area contributed by atoms with Crippen molar-refractivity contribution in [1.82, 2.24) is 14.5 Å². The van der Waals surface area contributed by atoms with E-state index in [4.69, 9.17) is 0 Å². The summed E-state index contributed by atoms with van der Waals surface area (Å²) in [5.41, 5.74) is 3.70. The van der Waals surface area contributed by atoms with Crippen molar-refractivity contribution in [3.63, 3.8) is 0 Å². The molecule has 31 heavy (non-hydrogen) atoms. The van der Waals surface area contributed by atoms with E-state index in [2.05, 4.69) is 22.1 Å². The molecule has 0 radical (unpaired) electrons. The Labute approximate surface area is 180 Å². The van der Waals surface area contributed by atoms with Gasteiger partial charge in [-0.05, 0) is 43.7 Å². The molecule has 7 heteroatoms. The molecule has 1 aliphatic carbocycles. The molecule has 3 aromatic rings. The molecule has 0 saturated heterocycles. The van der Waals surface area contributed by atoms with E-state index in [-0.39, 0.29) is 17.5 Å². The van der Waals surface area contributed by atoms with Crippen LogP contribution in [0.4, 0.5) is 0 Å². The number of hydrogen-bond acceptors (Lipinski definition) is 3. The monoisotopic (exact) mass is 421 g/mol. The van der Waals surface area contributed by atoms with Crippen molar-refractivity contribution in [2.45, 2.75) is 51.1 Å². The van der Waals surface area contributed by atoms with Crippen LogP contribution in [0.2, 0.25) is 0 Å². The van der Waals surface area contributed by atoms with Crippen LogP contribution in [0.3, 0.4) is 0 Å². The van der Waals surface area contributed by atoms with Crippen LogP contribution < -0.4 is 16.1 Å². The third kappa shape index (κ3) is 3.43. The second-order valence-corrected chi connectivity index (χ2v) is 8.85. The van der Waals surface area contributed by atoms with Crippen LogP contribution >= 0.6 is 0 Å². The minimum absolute atomic E-state index is 0.207. The van der Waals surface area contributed by atoms with Gasteiger partial charge in [0, 0.05) is 23.9 Å². The zero-order valence-corrected chi connectivity index (χ0v) is 17.8. The minimum Gasteiger partial charge on any atom is -0.494 e. The molecule has 2 aromatic heterocycles. The molecule has 5 rings (SSSR count). The fourth-order valence-electron chi connectivity index (χ4n) is 5.27. The quantitative estimate of drug-likeness (QED) is 0.484. The smallest absolute Gasteiger partial charge is 0.331 e. The molecule has 1 aromatic carbocycles. The van der Waals surface area contributed by atoms with Crippen molar-refractivity contribution in [2.24, 2.45) is 0 Å². The number of aromatic amines is 2. The number of rotatable bonds is 4. The Morgan fingerprint density at radius 2 is 2.00 bits per heavy atom. The molecule has 0 bridgehead atoms. The van der Waals surface area contributed by atoms with Gasteiger partial charge in [-0.25, -0.2) is 4.79 Å². The Morgan fingerprint density at radius 1 is 1.16 bits per heavy atom. The van der Waals surface area contributed by atoms with E-state index in [9.17, 15) is 14.7 Å². The van der Waals surface area contributed by atoms with Gasteiger partial charge in [0.05, 0.1) is 19.3 Å². The zero-order valence-electron chi connectivity index (χ0n) is 17.8. The lowest BCUT2D eigenvalue weighted by Gasteiger charge is -2.30. The van der Waals surface area contributed by atoms with E-state index in [1.54, 1.807) is 0 Å². The molecule has 7 nitrogen and oxygen atoms in total. The molecule has 0 spiro atoms. The average Bonchev–Trinajstić information content (AvgIpc) is 3.14. The zero-order chi connectivity index (χ0) is 21.5. The summed E-state index contributed by atoms with van der Waals surface area (Å²) < 4.78 is 1.33. The SMILES string of the molecule is C[NH+]1CCc2c([nH]c3ccccc23)[C@H]1c1c(O)n(CCC2=CCCCC2)c(=O)[nH]c1=O. The summed E-state index contributed by atoms with van der Waals surface area (Å²) in [7, 11) is 2.03. The van der Waals surface area contributed by atoms with Gasteiger partial charge >= 0.3 is 5.69 Å². The highest BCUT2D eigenvalue weighted by molar-refractivity contribution is 5.85. The summed E-state index contributed by atoms with van der Waals surface area (Å²) >= 11 is 0. The van der Waals surface area contributed by atoms with Gasteiger partial charge in [-0.3, -0.25) is 14.3 Å². The van der Waals surface area contributed by atoms with Crippen LogP contribution in [0.15, 0.2) is 45.5 Å². The van der Waals surface area contributed by atoms with Crippen LogP contribution in [0.1, 0.15) is 55.0 Å². The summed E-state index contributed by atoms with van der Waals surface area (Å²) in [6.07, 6.45) is 8.35. The number of nitrogens with zero attached hydrogens (tertiary/aromatic N) is 1. The molecule has 1 unspecified atom stereocenters. The van der Waals surface area contributed by atoms with Crippen LogP contribution in [0.25, 0.3) is 10.9 Å². The summed E-state index contributed by atoms with van der Waals surface area (Å²) in [6, 6.07) is 7.76. The van der Waals surface area contributed by atoms with Crippen LogP contribution in [0, 0.1) is 0 Å². The number of H-pyrrole nitrogens is 2. The Balaban J connectivity index is 1.59. The second-order valence-electron chi connectivity index (χ2n) is 8.85. The predicted molar refractivity (Wildman–Crippen MR) is 120 cm³/mol. The number of hydrogen-bond donors (Lipinski definition) is 4. The van der Waals surface area contributed by atoms with Gasteiger partial charge in [-0.1, -0.05) is 29.8 Å². The van der Waals surface area contributed by atoms with Gasteiger partial charge in [0.15, 0.2) is 6.04 Å². The predicted octanol–water partition coefficient (Wildman–Crippen LogP) is 1.77. The normalized spacial score (nSPS) is 21.1. The number of nitrogens with one attached hydrogen (secondary N) is 3. The van der Waals surface area contributed by atoms with E-state index in [0.717, 1.165) is 47.3 Å². The second kappa shape index (κ2) is 7.89. The topological polar surface area (TPSA) is 95.3 Å². The van der Waals surface area contributed by atoms with E-state index in [1.165, 1.54) is 28.5 Å². The number of para-hydroxylation sites is 1. The molecule has 2 aliphatic rings. The standard InChI is InChI=1S/C24H28N4O3/c1-27-13-12-17-16-9-5-6-10-18(16)25-20(17)21(27)19-22(29)26-24(31)28(23(19)30)14-11-15-7-3-2-4-8-15/h5-7,9-10,21,25,30H,2-4,8,11-14H2,1H3,(H,26,29,31)/p+1/t21-/m1/s1. The van der Waals surface area contributed by atoms with Gasteiger partial charge in [0.1, 0.15) is 5.56 Å². The number of likely N-dealkylation sites (N-methyl/N-ethyl adjacent to an activating group) is 1. The summed E-state index contributed by atoms with van der Waals surface area (Å²) in [6.45, 7) is 1.20. The number of fused-ring (bicyclic) bond motifs is 3. The number of aromatic hydroxyl groups is 1. The third-order valence-electron chi connectivity index (χ3n) is 6.93. The first-order valence-corrected chi connectivity index (χ1v) is 11.2. The molecule has 3 heterocycles. The molecule has 0 amide bonds. The Bertz CT molecular complexity index is 1280. The van der Waals surface area contributed by atoms with Crippen molar-refractivity contribution in [1.29, 1.82) is 0 Å². The molecular weight excluding hydrogens is 392 g/mol. The molecular formula is C24H29N4O3+. The van der Waals surface area contributed by atoms with Gasteiger partial charge < -0.3 is 15.0 Å². The highest BCUT2D eigenvalue weighted by atomic mass is 16.3. The molecule has 1 aliphatic heterocycles. The average molecular weight is 422 g/mol. The van der Waals surface area contributed by atoms with Gasteiger partial charge in [0.2, 0.25) is 5.88 Å². The summed E-state index contributed by atoms with van der Waals surface area (Å²) in [5, 5.41) is 12.3. The Kier molecular flexibility index (Phi) is 5.06. The number of quaternary nitrogens is 1. The summed E-state index contributed by atoms with van der Waals surface area (Å²) in [5.74, 6) is -0.207. The van der Waals surface area contributed by atoms with Crippen LogP contribution in [-0.4, -0.2) is 33.2 Å². The Morgan fingerprint density at radius 3 is 2.81 bits per heavy atom. The van der Waals surface area contributed by atoms with Crippen molar-refractivity contribution < 1.29 is 10.0 Å². The highest BCUT2D eigenvalue weighted by Crippen LogP contribution is 2.32. The first-order valence-electron chi connectivity index (χ1n) is 11.2. The van der Waals surface area contributed by atoms with Crippen molar-refractivity contribution >= 4 is 10.9 Å².